The van der Waals surface area contributed by atoms with Crippen molar-refractivity contribution in [3.63, 3.8) is 0 Å². The molecule has 15 heavy (non-hydrogen) atoms. The van der Waals surface area contributed by atoms with E-state index in [1.807, 2.05) is 13.0 Å². The second-order valence-electron chi connectivity index (χ2n) is 4.96. The first-order valence-electron chi connectivity index (χ1n) is 5.16. The molecule has 0 aliphatic rings. The Morgan fingerprint density at radius 2 is 2.13 bits per heavy atom. The SMILES string of the molecule is Cc1cc(Cl)n(COCC[Si](C)(C)C)n1. The third-order valence-electron chi connectivity index (χ3n) is 2.06. The minimum atomic E-state index is -0.991. The Labute approximate surface area is 97.4 Å². The molecule has 3 nitrogen and oxygen atoms in total. The van der Waals surface area contributed by atoms with Crippen LogP contribution in [0.3, 0.4) is 0 Å². The van der Waals surface area contributed by atoms with Crippen molar-refractivity contribution in [2.45, 2.75) is 39.3 Å². The molecule has 1 rings (SSSR count). The Morgan fingerprint density at radius 1 is 1.47 bits per heavy atom. The molecular weight excluding hydrogens is 228 g/mol. The number of aryl methyl sites for hydroxylation is 1. The van der Waals surface area contributed by atoms with Gasteiger partial charge >= 0.3 is 0 Å². The van der Waals surface area contributed by atoms with Crippen molar-refractivity contribution in [3.05, 3.63) is 16.9 Å². The minimum Gasteiger partial charge on any atom is -0.359 e. The van der Waals surface area contributed by atoms with E-state index in [0.717, 1.165) is 12.3 Å². The molecule has 0 unspecified atom stereocenters. The van der Waals surface area contributed by atoms with E-state index < -0.39 is 8.07 Å². The van der Waals surface area contributed by atoms with E-state index in [9.17, 15) is 0 Å². The van der Waals surface area contributed by atoms with Crippen molar-refractivity contribution in [1.29, 1.82) is 0 Å². The molecule has 0 aromatic carbocycles. The normalized spacial score (nSPS) is 12.1. The maximum absolute atomic E-state index is 5.94. The molecule has 0 radical (unpaired) electrons. The number of rotatable bonds is 5. The van der Waals surface area contributed by atoms with Crippen LogP contribution in [0.4, 0.5) is 0 Å². The lowest BCUT2D eigenvalue weighted by atomic mass is 10.5. The van der Waals surface area contributed by atoms with Crippen molar-refractivity contribution in [2.24, 2.45) is 0 Å². The summed E-state index contributed by atoms with van der Waals surface area (Å²) in [6, 6.07) is 3.01. The van der Waals surface area contributed by atoms with Gasteiger partial charge in [-0.1, -0.05) is 31.2 Å². The quantitative estimate of drug-likeness (QED) is 0.590. The van der Waals surface area contributed by atoms with Crippen molar-refractivity contribution in [1.82, 2.24) is 9.78 Å². The van der Waals surface area contributed by atoms with E-state index in [1.165, 1.54) is 6.04 Å². The first-order chi connectivity index (χ1) is 6.88. The highest BCUT2D eigenvalue weighted by Gasteiger charge is 2.12. The Balaban J connectivity index is 2.29. The van der Waals surface area contributed by atoms with Crippen LogP contribution in [0.25, 0.3) is 0 Å². The Hall–Kier alpha value is -0.323. The van der Waals surface area contributed by atoms with Gasteiger partial charge in [-0.2, -0.15) is 5.10 Å². The van der Waals surface area contributed by atoms with Crippen molar-refractivity contribution in [3.8, 4) is 0 Å². The molecule has 5 heteroatoms. The molecule has 0 atom stereocenters. The zero-order valence-electron chi connectivity index (χ0n) is 9.88. The van der Waals surface area contributed by atoms with Gasteiger partial charge in [-0.25, -0.2) is 4.68 Å². The molecule has 0 spiro atoms. The summed E-state index contributed by atoms with van der Waals surface area (Å²) in [6.45, 7) is 10.2. The second kappa shape index (κ2) is 5.14. The molecule has 1 heterocycles. The smallest absolute Gasteiger partial charge is 0.141 e. The van der Waals surface area contributed by atoms with E-state index >= 15 is 0 Å². The summed E-state index contributed by atoms with van der Waals surface area (Å²) < 4.78 is 7.22. The highest BCUT2D eigenvalue weighted by Crippen LogP contribution is 2.11. The van der Waals surface area contributed by atoms with Gasteiger partial charge in [-0.3, -0.25) is 0 Å². The molecule has 0 aliphatic heterocycles. The van der Waals surface area contributed by atoms with Crippen molar-refractivity contribution in [2.75, 3.05) is 6.61 Å². The lowest BCUT2D eigenvalue weighted by Gasteiger charge is -2.15. The Bertz CT molecular complexity index is 320. The number of nitrogens with zero attached hydrogens (tertiary/aromatic N) is 2. The zero-order chi connectivity index (χ0) is 11.5. The molecule has 1 aromatic rings. The lowest BCUT2D eigenvalue weighted by Crippen LogP contribution is -2.22. The van der Waals surface area contributed by atoms with E-state index in [-0.39, 0.29) is 0 Å². The third-order valence-corrected chi connectivity index (χ3v) is 4.07. The minimum absolute atomic E-state index is 0.456. The van der Waals surface area contributed by atoms with Gasteiger partial charge in [0.05, 0.1) is 5.69 Å². The summed E-state index contributed by atoms with van der Waals surface area (Å²) in [5.41, 5.74) is 0.925. The molecular formula is C10H19ClN2OSi. The fourth-order valence-electron chi connectivity index (χ4n) is 1.13. The van der Waals surface area contributed by atoms with Gasteiger partial charge in [0, 0.05) is 14.7 Å². The van der Waals surface area contributed by atoms with Crippen LogP contribution in [0, 0.1) is 6.92 Å². The monoisotopic (exact) mass is 246 g/mol. The number of ether oxygens (including phenoxy) is 1. The largest absolute Gasteiger partial charge is 0.359 e. The third kappa shape index (κ3) is 4.82. The predicted octanol–water partition coefficient (Wildman–Crippen LogP) is 3.16. The Morgan fingerprint density at radius 3 is 2.60 bits per heavy atom. The average molecular weight is 247 g/mol. The lowest BCUT2D eigenvalue weighted by molar-refractivity contribution is 0.0786. The Kier molecular flexibility index (Phi) is 4.37. The van der Waals surface area contributed by atoms with Crippen LogP contribution < -0.4 is 0 Å². The maximum atomic E-state index is 5.94. The first kappa shape index (κ1) is 12.7. The number of halogens is 1. The molecule has 86 valence electrons. The van der Waals surface area contributed by atoms with Crippen LogP contribution in [-0.2, 0) is 11.5 Å². The summed E-state index contributed by atoms with van der Waals surface area (Å²) in [5.74, 6) is 0. The highest BCUT2D eigenvalue weighted by atomic mass is 35.5. The number of aromatic nitrogens is 2. The molecule has 0 saturated carbocycles. The number of hydrogen-bond acceptors (Lipinski definition) is 2. The first-order valence-corrected chi connectivity index (χ1v) is 9.25. The van der Waals surface area contributed by atoms with E-state index in [1.54, 1.807) is 4.68 Å². The summed E-state index contributed by atoms with van der Waals surface area (Å²) >= 11 is 5.94. The average Bonchev–Trinajstić information content (AvgIpc) is 2.37. The van der Waals surface area contributed by atoms with Crippen LogP contribution in [0.5, 0.6) is 0 Å². The topological polar surface area (TPSA) is 27.1 Å². The molecule has 0 saturated heterocycles. The standard InChI is InChI=1S/C10H19ClN2OSi/c1-9-7-10(11)13(12-9)8-14-5-6-15(2,3)4/h7H,5-6,8H2,1-4H3. The maximum Gasteiger partial charge on any atom is 0.141 e. The predicted molar refractivity (Wildman–Crippen MR) is 66.1 cm³/mol. The van der Waals surface area contributed by atoms with E-state index in [4.69, 9.17) is 16.3 Å². The molecule has 1 aromatic heterocycles. The van der Waals surface area contributed by atoms with Gasteiger partial charge in [-0.05, 0) is 19.0 Å². The summed E-state index contributed by atoms with van der Waals surface area (Å²) in [4.78, 5) is 0. The number of hydrogen-bond donors (Lipinski definition) is 0. The fraction of sp³-hybridized carbons (Fsp3) is 0.700. The molecule has 0 N–H and O–H groups in total. The van der Waals surface area contributed by atoms with Gasteiger partial charge < -0.3 is 4.74 Å². The van der Waals surface area contributed by atoms with Gasteiger partial charge in [-0.15, -0.1) is 0 Å². The van der Waals surface area contributed by atoms with Crippen molar-refractivity contribution < 1.29 is 4.74 Å². The van der Waals surface area contributed by atoms with Crippen LogP contribution in [0.15, 0.2) is 6.07 Å². The van der Waals surface area contributed by atoms with Crippen LogP contribution in [0.1, 0.15) is 5.69 Å². The van der Waals surface area contributed by atoms with Gasteiger partial charge in [0.1, 0.15) is 11.9 Å². The van der Waals surface area contributed by atoms with Gasteiger partial charge in [0.2, 0.25) is 0 Å². The van der Waals surface area contributed by atoms with Crippen molar-refractivity contribution >= 4 is 19.7 Å². The molecule has 0 aliphatic carbocycles. The highest BCUT2D eigenvalue weighted by molar-refractivity contribution is 6.76. The molecule has 0 amide bonds. The summed E-state index contributed by atoms with van der Waals surface area (Å²) in [5, 5.41) is 4.85. The fourth-order valence-corrected chi connectivity index (χ4v) is 2.14. The summed E-state index contributed by atoms with van der Waals surface area (Å²) in [7, 11) is -0.991. The van der Waals surface area contributed by atoms with Gasteiger partial charge in [0.15, 0.2) is 0 Å². The zero-order valence-corrected chi connectivity index (χ0v) is 11.6. The van der Waals surface area contributed by atoms with E-state index in [0.29, 0.717) is 11.9 Å². The van der Waals surface area contributed by atoms with Crippen LogP contribution in [-0.4, -0.2) is 24.5 Å². The van der Waals surface area contributed by atoms with Crippen LogP contribution in [0.2, 0.25) is 30.8 Å². The second-order valence-corrected chi connectivity index (χ2v) is 11.0. The van der Waals surface area contributed by atoms with Crippen LogP contribution >= 0.6 is 11.6 Å². The van der Waals surface area contributed by atoms with E-state index in [2.05, 4.69) is 24.7 Å². The van der Waals surface area contributed by atoms with Gasteiger partial charge in [0.25, 0.3) is 0 Å². The molecule has 0 fully saturated rings. The molecule has 0 bridgehead atoms. The summed E-state index contributed by atoms with van der Waals surface area (Å²) in [6.07, 6.45) is 0.